The van der Waals surface area contributed by atoms with E-state index < -0.39 is 0 Å². The van der Waals surface area contributed by atoms with Crippen molar-refractivity contribution >= 4 is 11.6 Å². The predicted molar refractivity (Wildman–Crippen MR) is 68.4 cm³/mol. The molecule has 0 aromatic carbocycles. The molecule has 0 bridgehead atoms. The molecule has 0 aromatic rings. The van der Waals surface area contributed by atoms with E-state index in [1.54, 1.807) is 5.57 Å². The molecule has 1 heterocycles. The summed E-state index contributed by atoms with van der Waals surface area (Å²) in [4.78, 5) is 0. The van der Waals surface area contributed by atoms with Gasteiger partial charge in [-0.3, -0.25) is 0 Å². The van der Waals surface area contributed by atoms with Crippen molar-refractivity contribution in [2.24, 2.45) is 17.3 Å². The van der Waals surface area contributed by atoms with Gasteiger partial charge in [0.2, 0.25) is 0 Å². The first-order valence-corrected chi connectivity index (χ1v) is 6.79. The van der Waals surface area contributed by atoms with Gasteiger partial charge in [-0.1, -0.05) is 31.5 Å². The van der Waals surface area contributed by atoms with Crippen LogP contribution in [0.15, 0.2) is 22.3 Å². The minimum absolute atomic E-state index is 0.448. The average Bonchev–Trinajstić information content (AvgIpc) is 2.64. The highest BCUT2D eigenvalue weighted by molar-refractivity contribution is 6.30. The monoisotopic (exact) mass is 237 g/mol. The van der Waals surface area contributed by atoms with Crippen LogP contribution < -0.4 is 5.32 Å². The number of hydrogen-bond acceptors (Lipinski definition) is 1. The molecular formula is C14H20ClN. The van der Waals surface area contributed by atoms with Gasteiger partial charge in [0.05, 0.1) is 0 Å². The third-order valence-electron chi connectivity index (χ3n) is 5.07. The highest BCUT2D eigenvalue weighted by Crippen LogP contribution is 2.54. The molecular weight excluding hydrogens is 218 g/mol. The number of rotatable bonds is 0. The summed E-state index contributed by atoms with van der Waals surface area (Å²) in [5, 5.41) is 4.71. The molecule has 1 nitrogen and oxygen atoms in total. The zero-order chi connectivity index (χ0) is 11.3. The summed E-state index contributed by atoms with van der Waals surface area (Å²) in [6, 6.07) is 0. The van der Waals surface area contributed by atoms with E-state index in [1.807, 2.05) is 0 Å². The molecule has 1 N–H and O–H groups in total. The van der Waals surface area contributed by atoms with Crippen molar-refractivity contribution in [3.63, 3.8) is 0 Å². The van der Waals surface area contributed by atoms with Crippen molar-refractivity contribution in [2.45, 2.75) is 33.1 Å². The third-order valence-corrected chi connectivity index (χ3v) is 5.48. The molecule has 3 atom stereocenters. The zero-order valence-electron chi connectivity index (χ0n) is 10.1. The molecule has 0 spiro atoms. The Morgan fingerprint density at radius 2 is 2.31 bits per heavy atom. The van der Waals surface area contributed by atoms with Crippen molar-refractivity contribution in [2.75, 3.05) is 13.1 Å². The Balaban J connectivity index is 2.06. The van der Waals surface area contributed by atoms with Gasteiger partial charge in [-0.2, -0.15) is 0 Å². The van der Waals surface area contributed by atoms with E-state index in [0.29, 0.717) is 11.3 Å². The Labute approximate surface area is 103 Å². The highest BCUT2D eigenvalue weighted by atomic mass is 35.5. The van der Waals surface area contributed by atoms with Gasteiger partial charge in [0, 0.05) is 24.0 Å². The van der Waals surface area contributed by atoms with E-state index in [4.69, 9.17) is 11.6 Å². The zero-order valence-corrected chi connectivity index (χ0v) is 10.9. The molecule has 2 aliphatic carbocycles. The van der Waals surface area contributed by atoms with Crippen molar-refractivity contribution in [3.8, 4) is 0 Å². The molecule has 0 radical (unpaired) electrons. The molecule has 0 amide bonds. The van der Waals surface area contributed by atoms with Crippen LogP contribution in [0.3, 0.4) is 0 Å². The lowest BCUT2D eigenvalue weighted by Crippen LogP contribution is -2.39. The lowest BCUT2D eigenvalue weighted by atomic mass is 9.59. The lowest BCUT2D eigenvalue weighted by molar-refractivity contribution is 0.159. The van der Waals surface area contributed by atoms with E-state index in [1.165, 1.54) is 18.5 Å². The van der Waals surface area contributed by atoms with Crippen LogP contribution in [0, 0.1) is 17.3 Å². The van der Waals surface area contributed by atoms with Crippen molar-refractivity contribution in [1.82, 2.24) is 5.32 Å². The van der Waals surface area contributed by atoms with E-state index in [-0.39, 0.29) is 0 Å². The normalized spacial score (nSPS) is 42.8. The van der Waals surface area contributed by atoms with Crippen LogP contribution in [0.25, 0.3) is 0 Å². The molecule has 3 rings (SSSR count). The van der Waals surface area contributed by atoms with Gasteiger partial charge >= 0.3 is 0 Å². The number of hydrogen-bond donors (Lipinski definition) is 1. The quantitative estimate of drug-likeness (QED) is 0.681. The van der Waals surface area contributed by atoms with Gasteiger partial charge in [-0.25, -0.2) is 0 Å². The van der Waals surface area contributed by atoms with Gasteiger partial charge < -0.3 is 5.32 Å². The number of nitrogens with one attached hydrogen (secondary N) is 1. The molecule has 2 fully saturated rings. The number of fused-ring (bicyclic) bond motifs is 3. The SMILES string of the molecule is CC1CC2=C(Cl)CCC=C2[C@@H]2CNCC12C. The van der Waals surface area contributed by atoms with E-state index >= 15 is 0 Å². The average molecular weight is 238 g/mol. The van der Waals surface area contributed by atoms with Gasteiger partial charge in [-0.05, 0) is 41.7 Å². The Hall–Kier alpha value is -0.270. The van der Waals surface area contributed by atoms with Gasteiger partial charge in [0.25, 0.3) is 0 Å². The van der Waals surface area contributed by atoms with Crippen LogP contribution in [0.4, 0.5) is 0 Å². The van der Waals surface area contributed by atoms with E-state index in [0.717, 1.165) is 30.3 Å². The fourth-order valence-electron chi connectivity index (χ4n) is 3.73. The molecule has 2 heteroatoms. The number of allylic oxidation sites excluding steroid dienone is 3. The maximum Gasteiger partial charge on any atom is 0.0218 e. The van der Waals surface area contributed by atoms with Gasteiger partial charge in [-0.15, -0.1) is 0 Å². The van der Waals surface area contributed by atoms with Crippen LogP contribution in [-0.4, -0.2) is 13.1 Å². The lowest BCUT2D eigenvalue weighted by Gasteiger charge is -2.45. The van der Waals surface area contributed by atoms with E-state index in [9.17, 15) is 0 Å². The van der Waals surface area contributed by atoms with Crippen LogP contribution in [0.1, 0.15) is 33.1 Å². The molecule has 0 aromatic heterocycles. The van der Waals surface area contributed by atoms with Gasteiger partial charge in [0.1, 0.15) is 0 Å². The van der Waals surface area contributed by atoms with Crippen LogP contribution in [-0.2, 0) is 0 Å². The largest absolute Gasteiger partial charge is 0.316 e. The summed E-state index contributed by atoms with van der Waals surface area (Å²) in [6.45, 7) is 7.15. The summed E-state index contributed by atoms with van der Waals surface area (Å²) in [5.41, 5.74) is 3.50. The fraction of sp³-hybridized carbons (Fsp3) is 0.714. The molecule has 16 heavy (non-hydrogen) atoms. The molecule has 1 aliphatic heterocycles. The smallest absolute Gasteiger partial charge is 0.0218 e. The molecule has 3 aliphatic rings. The van der Waals surface area contributed by atoms with Gasteiger partial charge in [0.15, 0.2) is 0 Å². The summed E-state index contributed by atoms with van der Waals surface area (Å²) >= 11 is 6.41. The molecule has 88 valence electrons. The Bertz CT molecular complexity index is 382. The minimum atomic E-state index is 0.448. The number of halogens is 1. The van der Waals surface area contributed by atoms with Crippen LogP contribution in [0.5, 0.6) is 0 Å². The summed E-state index contributed by atoms with van der Waals surface area (Å²) in [6.07, 6.45) is 5.82. The second kappa shape index (κ2) is 3.61. The Morgan fingerprint density at radius 1 is 1.50 bits per heavy atom. The summed E-state index contributed by atoms with van der Waals surface area (Å²) < 4.78 is 0. The fourth-order valence-corrected chi connectivity index (χ4v) is 4.03. The highest BCUT2D eigenvalue weighted by Gasteiger charge is 2.49. The summed E-state index contributed by atoms with van der Waals surface area (Å²) in [7, 11) is 0. The molecule has 1 saturated carbocycles. The van der Waals surface area contributed by atoms with Crippen LogP contribution >= 0.6 is 11.6 Å². The second-order valence-corrected chi connectivity index (χ2v) is 6.33. The van der Waals surface area contributed by atoms with Crippen molar-refractivity contribution in [1.29, 1.82) is 0 Å². The van der Waals surface area contributed by atoms with Crippen LogP contribution in [0.2, 0.25) is 0 Å². The second-order valence-electron chi connectivity index (χ2n) is 5.88. The Kier molecular flexibility index (Phi) is 2.45. The Morgan fingerprint density at radius 3 is 3.12 bits per heavy atom. The minimum Gasteiger partial charge on any atom is -0.316 e. The first kappa shape index (κ1) is 10.9. The maximum absolute atomic E-state index is 6.41. The van der Waals surface area contributed by atoms with E-state index in [2.05, 4.69) is 25.2 Å². The summed E-state index contributed by atoms with van der Waals surface area (Å²) in [5.74, 6) is 1.44. The standard InChI is InChI=1S/C14H20ClN/c1-9-6-11-10(4-3-5-13(11)15)12-7-16-8-14(9,12)2/h4,9,12,16H,3,5-8H2,1-2H3/t9?,12-,14?/m0/s1. The first-order valence-electron chi connectivity index (χ1n) is 6.41. The third kappa shape index (κ3) is 1.34. The molecule has 2 unspecified atom stereocenters. The maximum atomic E-state index is 6.41. The van der Waals surface area contributed by atoms with Crippen molar-refractivity contribution < 1.29 is 0 Å². The predicted octanol–water partition coefficient (Wildman–Crippen LogP) is 3.47. The van der Waals surface area contributed by atoms with Crippen molar-refractivity contribution in [3.05, 3.63) is 22.3 Å². The topological polar surface area (TPSA) is 12.0 Å². The first-order chi connectivity index (χ1) is 7.63. The molecule has 1 saturated heterocycles.